The largest absolute Gasteiger partial charge is 0.365 e. The van der Waals surface area contributed by atoms with Crippen molar-refractivity contribution in [2.24, 2.45) is 5.73 Å². The molecule has 0 bridgehead atoms. The predicted molar refractivity (Wildman–Crippen MR) is 55.8 cm³/mol. The van der Waals surface area contributed by atoms with Gasteiger partial charge in [0.1, 0.15) is 17.5 Å². The van der Waals surface area contributed by atoms with Gasteiger partial charge in [-0.3, -0.25) is 14.9 Å². The number of hydrogen-bond acceptors (Lipinski definition) is 4. The van der Waals surface area contributed by atoms with Crippen LogP contribution in [-0.2, 0) is 4.79 Å². The molecule has 6 nitrogen and oxygen atoms in total. The summed E-state index contributed by atoms with van der Waals surface area (Å²) in [6.07, 6.45) is 0.944. The summed E-state index contributed by atoms with van der Waals surface area (Å²) in [5.41, 5.74) is 3.83. The Morgan fingerprint density at radius 1 is 1.59 bits per heavy atom. The van der Waals surface area contributed by atoms with Gasteiger partial charge in [0.05, 0.1) is 16.6 Å². The highest BCUT2D eigenvalue weighted by Gasteiger charge is 2.15. The highest BCUT2D eigenvalue weighted by atomic mass is 19.1. The Bertz CT molecular complexity index is 560. The van der Waals surface area contributed by atoms with Crippen LogP contribution in [-0.4, -0.2) is 10.8 Å². The van der Waals surface area contributed by atoms with Crippen molar-refractivity contribution in [1.29, 1.82) is 5.26 Å². The zero-order chi connectivity index (χ0) is 13.0. The smallest absolute Gasteiger partial charge is 0.279 e. The standard InChI is InChI=1S/C10H6FN3O3/c11-8-2-1-6(9(4-8)14(16)17)3-7(5-12)10(13)15/h1-4H,(H2,13,15)/b7-3+. The van der Waals surface area contributed by atoms with Crippen LogP contribution in [0.4, 0.5) is 10.1 Å². The Morgan fingerprint density at radius 2 is 2.24 bits per heavy atom. The summed E-state index contributed by atoms with van der Waals surface area (Å²) in [5, 5.41) is 19.2. The SMILES string of the molecule is N#C/C(=C\c1ccc(F)cc1[N+](=O)[O-])C(N)=O. The molecule has 1 aromatic rings. The van der Waals surface area contributed by atoms with E-state index >= 15 is 0 Å². The van der Waals surface area contributed by atoms with E-state index in [1.54, 1.807) is 0 Å². The van der Waals surface area contributed by atoms with E-state index in [1.807, 2.05) is 0 Å². The van der Waals surface area contributed by atoms with Gasteiger partial charge in [-0.1, -0.05) is 0 Å². The zero-order valence-electron chi connectivity index (χ0n) is 8.38. The second kappa shape index (κ2) is 4.85. The van der Waals surface area contributed by atoms with Gasteiger partial charge in [0, 0.05) is 0 Å². The predicted octanol–water partition coefficient (Wildman–Crippen LogP) is 1.13. The molecule has 0 atom stereocenters. The van der Waals surface area contributed by atoms with E-state index in [4.69, 9.17) is 11.0 Å². The zero-order valence-corrected chi connectivity index (χ0v) is 8.38. The minimum absolute atomic E-state index is 0.0632. The summed E-state index contributed by atoms with van der Waals surface area (Å²) in [4.78, 5) is 20.6. The summed E-state index contributed by atoms with van der Waals surface area (Å²) in [6, 6.07) is 4.27. The van der Waals surface area contributed by atoms with Gasteiger partial charge in [-0.2, -0.15) is 5.26 Å². The van der Waals surface area contributed by atoms with Gasteiger partial charge < -0.3 is 5.73 Å². The quantitative estimate of drug-likeness (QED) is 0.366. The highest BCUT2D eigenvalue weighted by molar-refractivity contribution is 6.01. The Kier molecular flexibility index (Phi) is 3.51. The van der Waals surface area contributed by atoms with Crippen molar-refractivity contribution in [2.45, 2.75) is 0 Å². The number of nitrogens with two attached hydrogens (primary N) is 1. The van der Waals surface area contributed by atoms with Crippen molar-refractivity contribution >= 4 is 17.7 Å². The topological polar surface area (TPSA) is 110 Å². The van der Waals surface area contributed by atoms with Crippen LogP contribution < -0.4 is 5.73 Å². The lowest BCUT2D eigenvalue weighted by atomic mass is 10.1. The highest BCUT2D eigenvalue weighted by Crippen LogP contribution is 2.22. The number of halogens is 1. The third-order valence-corrected chi connectivity index (χ3v) is 1.87. The number of rotatable bonds is 3. The van der Waals surface area contributed by atoms with Gasteiger partial charge in [-0.05, 0) is 18.2 Å². The number of carbonyl (C=O) groups excluding carboxylic acids is 1. The minimum Gasteiger partial charge on any atom is -0.365 e. The molecule has 0 aliphatic heterocycles. The molecule has 0 heterocycles. The first-order valence-corrected chi connectivity index (χ1v) is 4.31. The Hall–Kier alpha value is -2.75. The fourth-order valence-corrected chi connectivity index (χ4v) is 1.11. The number of hydrogen-bond donors (Lipinski definition) is 1. The van der Waals surface area contributed by atoms with Crippen LogP contribution >= 0.6 is 0 Å². The summed E-state index contributed by atoms with van der Waals surface area (Å²) >= 11 is 0. The number of nitro groups is 1. The maximum atomic E-state index is 12.8. The van der Waals surface area contributed by atoms with E-state index in [1.165, 1.54) is 6.07 Å². The summed E-state index contributed by atoms with van der Waals surface area (Å²) in [7, 11) is 0. The monoisotopic (exact) mass is 235 g/mol. The molecule has 0 unspecified atom stereocenters. The number of nitro benzene ring substituents is 1. The fourth-order valence-electron chi connectivity index (χ4n) is 1.11. The summed E-state index contributed by atoms with van der Waals surface area (Å²) < 4.78 is 12.8. The molecule has 1 amide bonds. The number of benzene rings is 1. The van der Waals surface area contributed by atoms with Crippen LogP contribution in [0.5, 0.6) is 0 Å². The number of carbonyl (C=O) groups is 1. The van der Waals surface area contributed by atoms with Crippen molar-refractivity contribution in [3.05, 3.63) is 45.3 Å². The number of nitrogens with zero attached hydrogens (tertiary/aromatic N) is 2. The van der Waals surface area contributed by atoms with Gasteiger partial charge in [-0.15, -0.1) is 0 Å². The minimum atomic E-state index is -1.01. The van der Waals surface area contributed by atoms with Crippen molar-refractivity contribution in [1.82, 2.24) is 0 Å². The summed E-state index contributed by atoms with van der Waals surface area (Å²) in [5.74, 6) is -1.79. The molecule has 0 saturated heterocycles. The molecule has 0 aliphatic carbocycles. The van der Waals surface area contributed by atoms with E-state index in [-0.39, 0.29) is 5.56 Å². The normalized spacial score (nSPS) is 10.7. The van der Waals surface area contributed by atoms with E-state index in [0.717, 1.165) is 18.2 Å². The second-order valence-corrected chi connectivity index (χ2v) is 2.99. The van der Waals surface area contributed by atoms with Crippen molar-refractivity contribution in [3.8, 4) is 6.07 Å². The molecule has 0 radical (unpaired) electrons. The first-order chi connectivity index (χ1) is 7.95. The maximum absolute atomic E-state index is 12.8. The van der Waals surface area contributed by atoms with Gasteiger partial charge in [-0.25, -0.2) is 4.39 Å². The lowest BCUT2D eigenvalue weighted by molar-refractivity contribution is -0.385. The number of nitriles is 1. The maximum Gasteiger partial charge on any atom is 0.279 e. The van der Waals surface area contributed by atoms with Crippen molar-refractivity contribution in [2.75, 3.05) is 0 Å². The first kappa shape index (κ1) is 12.3. The molecule has 7 heteroatoms. The van der Waals surface area contributed by atoms with Gasteiger partial charge >= 0.3 is 0 Å². The van der Waals surface area contributed by atoms with Crippen LogP contribution in [0.25, 0.3) is 6.08 Å². The van der Waals surface area contributed by atoms with Crippen LogP contribution in [0, 0.1) is 27.3 Å². The van der Waals surface area contributed by atoms with Gasteiger partial charge in [0.25, 0.3) is 11.6 Å². The number of amides is 1. The van der Waals surface area contributed by atoms with E-state index < -0.39 is 27.9 Å². The van der Waals surface area contributed by atoms with Crippen LogP contribution in [0.3, 0.4) is 0 Å². The third-order valence-electron chi connectivity index (χ3n) is 1.87. The lowest BCUT2D eigenvalue weighted by Gasteiger charge is -1.98. The Labute approximate surface area is 94.9 Å². The van der Waals surface area contributed by atoms with E-state index in [0.29, 0.717) is 6.07 Å². The third kappa shape index (κ3) is 2.85. The summed E-state index contributed by atoms with van der Waals surface area (Å²) in [6.45, 7) is 0. The van der Waals surface area contributed by atoms with Crippen molar-refractivity contribution < 1.29 is 14.1 Å². The number of primary amides is 1. The van der Waals surface area contributed by atoms with Crippen LogP contribution in [0.2, 0.25) is 0 Å². The lowest BCUT2D eigenvalue weighted by Crippen LogP contribution is -2.12. The van der Waals surface area contributed by atoms with E-state index in [9.17, 15) is 19.3 Å². The van der Waals surface area contributed by atoms with Crippen molar-refractivity contribution in [3.63, 3.8) is 0 Å². The first-order valence-electron chi connectivity index (χ1n) is 4.31. The molecular formula is C10H6FN3O3. The molecule has 0 fully saturated rings. The molecule has 1 aromatic carbocycles. The van der Waals surface area contributed by atoms with Gasteiger partial charge in [0.2, 0.25) is 0 Å². The molecular weight excluding hydrogens is 229 g/mol. The Morgan fingerprint density at radius 3 is 2.71 bits per heavy atom. The second-order valence-electron chi connectivity index (χ2n) is 2.99. The van der Waals surface area contributed by atoms with Crippen LogP contribution in [0.1, 0.15) is 5.56 Å². The molecule has 0 aromatic heterocycles. The van der Waals surface area contributed by atoms with Gasteiger partial charge in [0.15, 0.2) is 0 Å². The molecule has 0 spiro atoms. The van der Waals surface area contributed by atoms with Crippen LogP contribution in [0.15, 0.2) is 23.8 Å². The molecule has 0 saturated carbocycles. The molecule has 17 heavy (non-hydrogen) atoms. The average Bonchev–Trinajstić information content (AvgIpc) is 2.26. The molecule has 0 aliphatic rings. The fraction of sp³-hybridized carbons (Fsp3) is 0. The molecule has 86 valence electrons. The molecule has 1 rings (SSSR count). The Balaban J connectivity index is 3.38. The van der Waals surface area contributed by atoms with E-state index in [2.05, 4.69) is 0 Å². The average molecular weight is 235 g/mol. The molecule has 2 N–H and O–H groups in total.